The van der Waals surface area contributed by atoms with Crippen LogP contribution >= 0.6 is 11.8 Å². The van der Waals surface area contributed by atoms with Gasteiger partial charge in [0, 0.05) is 18.8 Å². The minimum atomic E-state index is 0.248. The molecule has 0 amide bonds. The number of hydrogen-bond acceptors (Lipinski definition) is 5. The van der Waals surface area contributed by atoms with Crippen molar-refractivity contribution in [3.8, 4) is 0 Å². The van der Waals surface area contributed by atoms with E-state index in [0.717, 1.165) is 35.5 Å². The quantitative estimate of drug-likeness (QED) is 0.669. The number of nitrogens with one attached hydrogen (secondary N) is 1. The molecule has 0 aliphatic carbocycles. The number of fused-ring (bicyclic) bond motifs is 1. The topological polar surface area (TPSA) is 55.1 Å². The van der Waals surface area contributed by atoms with Crippen LogP contribution in [0.4, 0.5) is 0 Å². The van der Waals surface area contributed by atoms with Crippen LogP contribution in [0.1, 0.15) is 45.4 Å². The molecule has 19 heavy (non-hydrogen) atoms. The highest BCUT2D eigenvalue weighted by atomic mass is 32.2. The summed E-state index contributed by atoms with van der Waals surface area (Å²) in [5.41, 5.74) is 0.786. The van der Waals surface area contributed by atoms with Gasteiger partial charge in [0.25, 0.3) is 0 Å². The van der Waals surface area contributed by atoms with Gasteiger partial charge < -0.3 is 9.88 Å². The van der Waals surface area contributed by atoms with E-state index < -0.39 is 0 Å². The number of hydrogen-bond donors (Lipinski definition) is 1. The predicted octanol–water partition coefficient (Wildman–Crippen LogP) is 2.61. The van der Waals surface area contributed by atoms with Crippen LogP contribution in [0.3, 0.4) is 0 Å². The molecule has 0 radical (unpaired) electrons. The Morgan fingerprint density at radius 1 is 1.47 bits per heavy atom. The van der Waals surface area contributed by atoms with Gasteiger partial charge in [0.05, 0.1) is 6.04 Å². The molecule has 1 aliphatic rings. The minimum Gasteiger partial charge on any atom is -0.307 e. The van der Waals surface area contributed by atoms with E-state index in [2.05, 4.69) is 38.6 Å². The molecular weight excluding hydrogens is 258 g/mol. The lowest BCUT2D eigenvalue weighted by molar-refractivity contribution is 0.436. The van der Waals surface area contributed by atoms with Crippen LogP contribution < -0.4 is 5.32 Å². The van der Waals surface area contributed by atoms with Crippen LogP contribution in [-0.4, -0.2) is 32.6 Å². The van der Waals surface area contributed by atoms with E-state index in [0.29, 0.717) is 0 Å². The van der Waals surface area contributed by atoms with Gasteiger partial charge in [-0.3, -0.25) is 0 Å². The average Bonchev–Trinajstić information content (AvgIpc) is 2.83. The van der Waals surface area contributed by atoms with Crippen molar-refractivity contribution in [2.24, 2.45) is 4.99 Å². The molecule has 0 bridgehead atoms. The van der Waals surface area contributed by atoms with E-state index in [-0.39, 0.29) is 6.04 Å². The molecule has 1 N–H and O–H groups in total. The lowest BCUT2D eigenvalue weighted by Gasteiger charge is -2.21. The highest BCUT2D eigenvalue weighted by Gasteiger charge is 2.23. The van der Waals surface area contributed by atoms with Gasteiger partial charge in [-0.1, -0.05) is 20.4 Å². The summed E-state index contributed by atoms with van der Waals surface area (Å²) in [6, 6.07) is 0.248. The van der Waals surface area contributed by atoms with Crippen LogP contribution in [0.2, 0.25) is 0 Å². The molecule has 0 spiro atoms. The second kappa shape index (κ2) is 7.45. The Hall–Kier alpha value is -1.14. The second-order valence-corrected chi connectivity index (χ2v) is 4.86. The maximum atomic E-state index is 4.41. The first-order valence-corrected chi connectivity index (χ1v) is 7.81. The van der Waals surface area contributed by atoms with Gasteiger partial charge in [0.2, 0.25) is 0 Å². The zero-order chi connectivity index (χ0) is 14.4. The number of aliphatic imine (C=N–C) groups is 1. The van der Waals surface area contributed by atoms with E-state index in [1.54, 1.807) is 11.8 Å². The second-order valence-electron chi connectivity index (χ2n) is 4.07. The highest BCUT2D eigenvalue weighted by Crippen LogP contribution is 2.19. The lowest BCUT2D eigenvalue weighted by Crippen LogP contribution is -2.33. The van der Waals surface area contributed by atoms with Crippen molar-refractivity contribution in [2.45, 2.75) is 40.3 Å². The van der Waals surface area contributed by atoms with Crippen molar-refractivity contribution in [2.75, 3.05) is 12.8 Å². The summed E-state index contributed by atoms with van der Waals surface area (Å²) in [6.45, 7) is 13.6. The molecule has 2 heterocycles. The molecule has 106 valence electrons. The first-order valence-electron chi connectivity index (χ1n) is 6.58. The molecule has 0 aromatic carbocycles. The molecule has 0 saturated heterocycles. The molecule has 1 atom stereocenters. The summed E-state index contributed by atoms with van der Waals surface area (Å²) in [5, 5.41) is 12.7. The van der Waals surface area contributed by atoms with Gasteiger partial charge in [-0.05, 0) is 20.1 Å². The highest BCUT2D eigenvalue weighted by molar-refractivity contribution is 8.13. The monoisotopic (exact) mass is 281 g/mol. The summed E-state index contributed by atoms with van der Waals surface area (Å²) in [6.07, 6.45) is 1.99. The maximum Gasteiger partial charge on any atom is 0.189 e. The summed E-state index contributed by atoms with van der Waals surface area (Å²) in [7, 11) is 0. The van der Waals surface area contributed by atoms with Crippen molar-refractivity contribution in [3.63, 3.8) is 0 Å². The van der Waals surface area contributed by atoms with E-state index in [1.807, 2.05) is 27.0 Å². The first kappa shape index (κ1) is 15.9. The zero-order valence-corrected chi connectivity index (χ0v) is 13.2. The molecule has 6 heteroatoms. The third-order valence-electron chi connectivity index (χ3n) is 2.63. The van der Waals surface area contributed by atoms with Crippen molar-refractivity contribution in [1.82, 2.24) is 20.1 Å². The average molecular weight is 281 g/mol. The maximum absolute atomic E-state index is 4.41. The molecule has 0 fully saturated rings. The van der Waals surface area contributed by atoms with Crippen LogP contribution in [0.5, 0.6) is 0 Å². The number of nitrogens with zero attached hydrogens (tertiary/aromatic N) is 4. The van der Waals surface area contributed by atoms with Gasteiger partial charge >= 0.3 is 0 Å². The normalized spacial score (nSPS) is 18.4. The third-order valence-corrected chi connectivity index (χ3v) is 3.29. The summed E-state index contributed by atoms with van der Waals surface area (Å²) < 4.78 is 2.14. The van der Waals surface area contributed by atoms with Crippen molar-refractivity contribution in [1.29, 1.82) is 0 Å². The molecule has 1 aromatic rings. The van der Waals surface area contributed by atoms with Crippen molar-refractivity contribution < 1.29 is 0 Å². The largest absolute Gasteiger partial charge is 0.307 e. The van der Waals surface area contributed by atoms with Gasteiger partial charge in [-0.15, -0.1) is 22.0 Å². The minimum absolute atomic E-state index is 0.248. The Morgan fingerprint density at radius 3 is 2.74 bits per heavy atom. The Morgan fingerprint density at radius 2 is 2.16 bits per heavy atom. The molecule has 1 aromatic heterocycles. The van der Waals surface area contributed by atoms with Crippen LogP contribution in [0.25, 0.3) is 0 Å². The van der Waals surface area contributed by atoms with E-state index in [1.165, 1.54) is 0 Å². The smallest absolute Gasteiger partial charge is 0.189 e. The fourth-order valence-electron chi connectivity index (χ4n) is 1.86. The fraction of sp³-hybridized carbons (Fsp3) is 0.615. The number of rotatable bonds is 2. The summed E-state index contributed by atoms with van der Waals surface area (Å²) in [4.78, 5) is 4.41. The first-order chi connectivity index (χ1) is 9.13. The SMILES string of the molecule is C=C(C)N=C(SC)c1nnc2n1CCN[C@H]2C.CC. The van der Waals surface area contributed by atoms with Crippen LogP contribution in [-0.2, 0) is 6.54 Å². The Balaban J connectivity index is 0.000000861. The predicted molar refractivity (Wildman–Crippen MR) is 82.7 cm³/mol. The molecule has 5 nitrogen and oxygen atoms in total. The molecule has 2 rings (SSSR count). The Bertz CT molecular complexity index is 464. The number of allylic oxidation sites excluding steroid dienone is 1. The van der Waals surface area contributed by atoms with Gasteiger partial charge in [0.15, 0.2) is 5.82 Å². The van der Waals surface area contributed by atoms with Gasteiger partial charge in [-0.2, -0.15) is 0 Å². The third kappa shape index (κ3) is 3.67. The number of thioether (sulfide) groups is 1. The van der Waals surface area contributed by atoms with Crippen molar-refractivity contribution in [3.05, 3.63) is 23.9 Å². The van der Waals surface area contributed by atoms with E-state index in [4.69, 9.17) is 0 Å². The van der Waals surface area contributed by atoms with E-state index in [9.17, 15) is 0 Å². The summed E-state index contributed by atoms with van der Waals surface area (Å²) >= 11 is 1.58. The van der Waals surface area contributed by atoms with Gasteiger partial charge in [-0.25, -0.2) is 4.99 Å². The van der Waals surface area contributed by atoms with Gasteiger partial charge in [0.1, 0.15) is 10.9 Å². The van der Waals surface area contributed by atoms with E-state index >= 15 is 0 Å². The Labute approximate surface area is 119 Å². The van der Waals surface area contributed by atoms with Crippen LogP contribution in [0, 0.1) is 0 Å². The summed E-state index contributed by atoms with van der Waals surface area (Å²) in [5.74, 6) is 1.83. The Kier molecular flexibility index (Phi) is 6.24. The molecule has 1 aliphatic heterocycles. The van der Waals surface area contributed by atoms with Crippen molar-refractivity contribution >= 4 is 16.8 Å². The molecular formula is C13H23N5S. The van der Waals surface area contributed by atoms with Crippen LogP contribution in [0.15, 0.2) is 17.3 Å². The standard InChI is InChI=1S/C11H17N5S.C2H6/c1-7(2)13-11(17-4)10-15-14-9-8(3)12-5-6-16(9)10;1-2/h8,12H,1,5-6H2,2-4H3;1-2H3/t8-;/m0./s1. The molecule has 0 unspecified atom stereocenters. The fourth-order valence-corrected chi connectivity index (χ4v) is 2.44. The zero-order valence-electron chi connectivity index (χ0n) is 12.4. The lowest BCUT2D eigenvalue weighted by atomic mass is 10.2. The number of aromatic nitrogens is 3. The molecule has 0 saturated carbocycles.